The second-order valence-corrected chi connectivity index (χ2v) is 5.01. The van der Waals surface area contributed by atoms with Crippen LogP contribution in [0.4, 0.5) is 4.39 Å². The molecule has 118 valence electrons. The van der Waals surface area contributed by atoms with Crippen LogP contribution in [0.25, 0.3) is 5.69 Å². The predicted octanol–water partition coefficient (Wildman–Crippen LogP) is 2.05. The van der Waals surface area contributed by atoms with Gasteiger partial charge in [-0.25, -0.2) is 9.07 Å². The molecule has 0 saturated heterocycles. The summed E-state index contributed by atoms with van der Waals surface area (Å²) >= 11 is 0. The number of para-hydroxylation sites is 1. The van der Waals surface area contributed by atoms with Crippen LogP contribution in [0.2, 0.25) is 0 Å². The zero-order chi connectivity index (χ0) is 15.9. The van der Waals surface area contributed by atoms with E-state index in [0.29, 0.717) is 23.5 Å². The van der Waals surface area contributed by atoms with Gasteiger partial charge in [0.15, 0.2) is 0 Å². The van der Waals surface area contributed by atoms with Gasteiger partial charge in [0, 0.05) is 13.1 Å². The third kappa shape index (κ3) is 3.71. The summed E-state index contributed by atoms with van der Waals surface area (Å²) in [6, 6.07) is 6.36. The SMILES string of the molecule is CCCNCCNC(=O)c1cnn(-c2ccccc2F)c1C. The van der Waals surface area contributed by atoms with E-state index in [2.05, 4.69) is 22.7 Å². The van der Waals surface area contributed by atoms with Gasteiger partial charge in [-0.1, -0.05) is 19.1 Å². The highest BCUT2D eigenvalue weighted by molar-refractivity contribution is 5.95. The van der Waals surface area contributed by atoms with Crippen molar-refractivity contribution in [3.05, 3.63) is 47.5 Å². The first kappa shape index (κ1) is 16.2. The van der Waals surface area contributed by atoms with Crippen molar-refractivity contribution in [1.82, 2.24) is 20.4 Å². The molecule has 0 spiro atoms. The van der Waals surface area contributed by atoms with Gasteiger partial charge in [0.25, 0.3) is 5.91 Å². The third-order valence-electron chi connectivity index (χ3n) is 3.35. The lowest BCUT2D eigenvalue weighted by molar-refractivity contribution is 0.0953. The smallest absolute Gasteiger partial charge is 0.254 e. The van der Waals surface area contributed by atoms with Crippen LogP contribution in [0.5, 0.6) is 0 Å². The van der Waals surface area contributed by atoms with Gasteiger partial charge >= 0.3 is 0 Å². The lowest BCUT2D eigenvalue weighted by atomic mass is 10.2. The van der Waals surface area contributed by atoms with Crippen molar-refractivity contribution >= 4 is 5.91 Å². The van der Waals surface area contributed by atoms with Crippen LogP contribution in [-0.2, 0) is 0 Å². The van der Waals surface area contributed by atoms with Gasteiger partial charge in [-0.2, -0.15) is 5.10 Å². The Labute approximate surface area is 129 Å². The Morgan fingerprint density at radius 3 is 2.77 bits per heavy atom. The van der Waals surface area contributed by atoms with Crippen LogP contribution in [-0.4, -0.2) is 35.3 Å². The van der Waals surface area contributed by atoms with Crippen LogP contribution >= 0.6 is 0 Å². The zero-order valence-electron chi connectivity index (χ0n) is 12.9. The van der Waals surface area contributed by atoms with Crippen molar-refractivity contribution in [2.24, 2.45) is 0 Å². The molecule has 0 atom stereocenters. The van der Waals surface area contributed by atoms with Crippen LogP contribution in [0.15, 0.2) is 30.5 Å². The Morgan fingerprint density at radius 1 is 1.27 bits per heavy atom. The number of hydrogen-bond acceptors (Lipinski definition) is 3. The zero-order valence-corrected chi connectivity index (χ0v) is 12.9. The summed E-state index contributed by atoms with van der Waals surface area (Å²) in [5.41, 5.74) is 1.41. The number of nitrogens with one attached hydrogen (secondary N) is 2. The molecule has 0 fully saturated rings. The Bertz CT molecular complexity index is 639. The number of rotatable bonds is 7. The molecule has 2 N–H and O–H groups in total. The third-order valence-corrected chi connectivity index (χ3v) is 3.35. The van der Waals surface area contributed by atoms with Crippen LogP contribution in [0.1, 0.15) is 29.4 Å². The monoisotopic (exact) mass is 304 g/mol. The van der Waals surface area contributed by atoms with Gasteiger partial charge in [0.05, 0.1) is 17.5 Å². The van der Waals surface area contributed by atoms with E-state index < -0.39 is 0 Å². The largest absolute Gasteiger partial charge is 0.351 e. The van der Waals surface area contributed by atoms with Crippen LogP contribution in [0.3, 0.4) is 0 Å². The van der Waals surface area contributed by atoms with Gasteiger partial charge in [0.2, 0.25) is 0 Å². The lowest BCUT2D eigenvalue weighted by Gasteiger charge is -2.07. The Hall–Kier alpha value is -2.21. The maximum atomic E-state index is 13.8. The fraction of sp³-hybridized carbons (Fsp3) is 0.375. The van der Waals surface area contributed by atoms with E-state index in [9.17, 15) is 9.18 Å². The molecule has 0 bridgehead atoms. The van der Waals surface area contributed by atoms with E-state index in [1.165, 1.54) is 16.9 Å². The van der Waals surface area contributed by atoms with Gasteiger partial charge in [-0.3, -0.25) is 4.79 Å². The fourth-order valence-corrected chi connectivity index (χ4v) is 2.16. The van der Waals surface area contributed by atoms with E-state index in [-0.39, 0.29) is 11.7 Å². The summed E-state index contributed by atoms with van der Waals surface area (Å²) < 4.78 is 15.3. The molecule has 22 heavy (non-hydrogen) atoms. The number of aromatic nitrogens is 2. The second-order valence-electron chi connectivity index (χ2n) is 5.01. The predicted molar refractivity (Wildman–Crippen MR) is 83.8 cm³/mol. The molecule has 1 amide bonds. The van der Waals surface area contributed by atoms with Crippen molar-refractivity contribution in [2.75, 3.05) is 19.6 Å². The number of halogens is 1. The molecule has 0 aliphatic carbocycles. The normalized spacial score (nSPS) is 10.7. The summed E-state index contributed by atoms with van der Waals surface area (Å²) in [6.45, 7) is 6.04. The average Bonchev–Trinajstić information content (AvgIpc) is 2.89. The second kappa shape index (κ2) is 7.70. The van der Waals surface area contributed by atoms with Crippen molar-refractivity contribution in [3.8, 4) is 5.69 Å². The first-order valence-electron chi connectivity index (χ1n) is 7.43. The van der Waals surface area contributed by atoms with E-state index >= 15 is 0 Å². The lowest BCUT2D eigenvalue weighted by Crippen LogP contribution is -2.32. The molecule has 5 nitrogen and oxygen atoms in total. The molecule has 2 aromatic rings. The maximum absolute atomic E-state index is 13.8. The number of nitrogens with zero attached hydrogens (tertiary/aromatic N) is 2. The average molecular weight is 304 g/mol. The quantitative estimate of drug-likeness (QED) is 0.770. The summed E-state index contributed by atoms with van der Waals surface area (Å²) in [4.78, 5) is 12.1. The highest BCUT2D eigenvalue weighted by Crippen LogP contribution is 2.16. The molecule has 1 aromatic heterocycles. The van der Waals surface area contributed by atoms with Gasteiger partial charge in [-0.15, -0.1) is 0 Å². The maximum Gasteiger partial charge on any atom is 0.254 e. The Kier molecular flexibility index (Phi) is 5.66. The summed E-state index contributed by atoms with van der Waals surface area (Å²) in [7, 11) is 0. The molecule has 0 aliphatic rings. The minimum Gasteiger partial charge on any atom is -0.351 e. The molecule has 0 radical (unpaired) electrons. The minimum absolute atomic E-state index is 0.196. The number of benzene rings is 1. The molecular weight excluding hydrogens is 283 g/mol. The number of carbonyl (C=O) groups excluding carboxylic acids is 1. The van der Waals surface area contributed by atoms with Crippen molar-refractivity contribution < 1.29 is 9.18 Å². The Balaban J connectivity index is 2.05. The van der Waals surface area contributed by atoms with Gasteiger partial charge < -0.3 is 10.6 Å². The topological polar surface area (TPSA) is 58.9 Å². The molecule has 2 rings (SSSR count). The standard InChI is InChI=1S/C16H21FN4O/c1-3-8-18-9-10-19-16(22)13-11-20-21(12(13)2)15-7-5-4-6-14(15)17/h4-7,11,18H,3,8-10H2,1-2H3,(H,19,22). The van der Waals surface area contributed by atoms with Crippen molar-refractivity contribution in [2.45, 2.75) is 20.3 Å². The van der Waals surface area contributed by atoms with E-state index in [0.717, 1.165) is 19.5 Å². The van der Waals surface area contributed by atoms with E-state index in [1.807, 2.05) is 0 Å². The van der Waals surface area contributed by atoms with Gasteiger partial charge in [0.1, 0.15) is 11.5 Å². The highest BCUT2D eigenvalue weighted by Gasteiger charge is 2.16. The first-order chi connectivity index (χ1) is 10.6. The summed E-state index contributed by atoms with van der Waals surface area (Å²) in [5.74, 6) is -0.567. The molecular formula is C16H21FN4O. The van der Waals surface area contributed by atoms with Crippen molar-refractivity contribution in [3.63, 3.8) is 0 Å². The molecule has 0 saturated carbocycles. The van der Waals surface area contributed by atoms with Crippen LogP contribution < -0.4 is 10.6 Å². The highest BCUT2D eigenvalue weighted by atomic mass is 19.1. The molecule has 1 heterocycles. The summed E-state index contributed by atoms with van der Waals surface area (Å²) in [6.07, 6.45) is 2.53. The molecule has 6 heteroatoms. The Morgan fingerprint density at radius 2 is 2.05 bits per heavy atom. The molecule has 0 unspecified atom stereocenters. The number of amides is 1. The number of hydrogen-bond donors (Lipinski definition) is 2. The van der Waals surface area contributed by atoms with E-state index in [1.54, 1.807) is 25.1 Å². The first-order valence-corrected chi connectivity index (χ1v) is 7.43. The fourth-order valence-electron chi connectivity index (χ4n) is 2.16. The number of carbonyl (C=O) groups is 1. The van der Waals surface area contributed by atoms with Crippen LogP contribution in [0, 0.1) is 12.7 Å². The van der Waals surface area contributed by atoms with Crippen molar-refractivity contribution in [1.29, 1.82) is 0 Å². The molecule has 0 aliphatic heterocycles. The molecule has 1 aromatic carbocycles. The van der Waals surface area contributed by atoms with Gasteiger partial charge in [-0.05, 0) is 32.0 Å². The summed E-state index contributed by atoms with van der Waals surface area (Å²) in [5, 5.41) is 10.2. The van der Waals surface area contributed by atoms with E-state index in [4.69, 9.17) is 0 Å². The minimum atomic E-state index is -0.371.